The molecule has 1 unspecified atom stereocenters. The SMILES string of the molecule is CCC(C)c1ccc(CCCCCCNC(C)C)cc1. The van der Waals surface area contributed by atoms with Gasteiger partial charge in [-0.15, -0.1) is 0 Å². The first-order chi connectivity index (χ1) is 9.63. The van der Waals surface area contributed by atoms with Crippen molar-refractivity contribution in [1.29, 1.82) is 0 Å². The molecule has 1 rings (SSSR count). The van der Waals surface area contributed by atoms with Crippen LogP contribution in [0, 0.1) is 0 Å². The van der Waals surface area contributed by atoms with Gasteiger partial charge in [-0.2, -0.15) is 0 Å². The lowest BCUT2D eigenvalue weighted by Crippen LogP contribution is -2.23. The smallest absolute Gasteiger partial charge is 0.00103 e. The Morgan fingerprint density at radius 2 is 1.55 bits per heavy atom. The zero-order chi connectivity index (χ0) is 14.8. The summed E-state index contributed by atoms with van der Waals surface area (Å²) < 4.78 is 0. The molecule has 0 aliphatic carbocycles. The maximum absolute atomic E-state index is 3.48. The molecule has 0 aliphatic rings. The Hall–Kier alpha value is -0.820. The van der Waals surface area contributed by atoms with Gasteiger partial charge < -0.3 is 5.32 Å². The normalized spacial score (nSPS) is 12.8. The number of rotatable bonds is 10. The third kappa shape index (κ3) is 7.09. The number of hydrogen-bond acceptors (Lipinski definition) is 1. The maximum atomic E-state index is 3.48. The fourth-order valence-corrected chi connectivity index (χ4v) is 2.45. The first kappa shape index (κ1) is 17.2. The van der Waals surface area contributed by atoms with Gasteiger partial charge in [0.15, 0.2) is 0 Å². The van der Waals surface area contributed by atoms with Gasteiger partial charge >= 0.3 is 0 Å². The van der Waals surface area contributed by atoms with Gasteiger partial charge in [0, 0.05) is 6.04 Å². The van der Waals surface area contributed by atoms with E-state index in [0.29, 0.717) is 12.0 Å². The highest BCUT2D eigenvalue weighted by atomic mass is 14.9. The Bertz CT molecular complexity index is 339. The van der Waals surface area contributed by atoms with E-state index in [1.165, 1.54) is 56.2 Å². The molecule has 1 aromatic rings. The van der Waals surface area contributed by atoms with Crippen molar-refractivity contribution in [3.63, 3.8) is 0 Å². The minimum atomic E-state index is 0.624. The monoisotopic (exact) mass is 275 g/mol. The quantitative estimate of drug-likeness (QED) is 0.571. The van der Waals surface area contributed by atoms with Crippen molar-refractivity contribution in [1.82, 2.24) is 5.32 Å². The first-order valence-electron chi connectivity index (χ1n) is 8.45. The van der Waals surface area contributed by atoms with Crippen molar-refractivity contribution in [2.24, 2.45) is 0 Å². The van der Waals surface area contributed by atoms with Crippen LogP contribution in [-0.4, -0.2) is 12.6 Å². The van der Waals surface area contributed by atoms with Gasteiger partial charge in [0.2, 0.25) is 0 Å². The second-order valence-corrected chi connectivity index (χ2v) is 6.32. The van der Waals surface area contributed by atoms with Gasteiger partial charge in [0.05, 0.1) is 0 Å². The molecule has 0 aliphatic heterocycles. The number of unbranched alkanes of at least 4 members (excludes halogenated alkanes) is 3. The van der Waals surface area contributed by atoms with E-state index in [0.717, 1.165) is 0 Å². The second-order valence-electron chi connectivity index (χ2n) is 6.32. The highest BCUT2D eigenvalue weighted by Gasteiger charge is 2.02. The average Bonchev–Trinajstić information content (AvgIpc) is 2.45. The van der Waals surface area contributed by atoms with Gasteiger partial charge in [-0.1, -0.05) is 64.8 Å². The Morgan fingerprint density at radius 1 is 0.900 bits per heavy atom. The number of benzene rings is 1. The van der Waals surface area contributed by atoms with Crippen molar-refractivity contribution in [2.75, 3.05) is 6.54 Å². The molecule has 20 heavy (non-hydrogen) atoms. The summed E-state index contributed by atoms with van der Waals surface area (Å²) in [6.45, 7) is 10.2. The Balaban J connectivity index is 2.13. The summed E-state index contributed by atoms with van der Waals surface area (Å²) in [5, 5.41) is 3.48. The van der Waals surface area contributed by atoms with E-state index in [2.05, 4.69) is 57.3 Å². The van der Waals surface area contributed by atoms with E-state index >= 15 is 0 Å². The molecule has 1 nitrogen and oxygen atoms in total. The lowest BCUT2D eigenvalue weighted by molar-refractivity contribution is 0.542. The average molecular weight is 275 g/mol. The molecule has 1 atom stereocenters. The van der Waals surface area contributed by atoms with Crippen LogP contribution in [0.25, 0.3) is 0 Å². The standard InChI is InChI=1S/C19H33N/c1-5-17(4)19-13-11-18(12-14-19)10-8-6-7-9-15-20-16(2)3/h11-14,16-17,20H,5-10,15H2,1-4H3. The Morgan fingerprint density at radius 3 is 2.15 bits per heavy atom. The molecule has 0 saturated heterocycles. The van der Waals surface area contributed by atoms with Crippen molar-refractivity contribution in [3.05, 3.63) is 35.4 Å². The molecule has 1 aromatic carbocycles. The van der Waals surface area contributed by atoms with Crippen molar-refractivity contribution >= 4 is 0 Å². The molecular weight excluding hydrogens is 242 g/mol. The summed E-state index contributed by atoms with van der Waals surface area (Å²) in [4.78, 5) is 0. The summed E-state index contributed by atoms with van der Waals surface area (Å²) in [7, 11) is 0. The van der Waals surface area contributed by atoms with Crippen molar-refractivity contribution in [3.8, 4) is 0 Å². The summed E-state index contributed by atoms with van der Waals surface area (Å²) in [6.07, 6.45) is 7.80. The van der Waals surface area contributed by atoms with Gasteiger partial charge in [0.1, 0.15) is 0 Å². The largest absolute Gasteiger partial charge is 0.315 e. The number of hydrogen-bond donors (Lipinski definition) is 1. The lowest BCUT2D eigenvalue weighted by Gasteiger charge is -2.10. The van der Waals surface area contributed by atoms with Gasteiger partial charge in [-0.25, -0.2) is 0 Å². The predicted octanol–water partition coefficient (Wildman–Crippen LogP) is 5.30. The minimum absolute atomic E-state index is 0.624. The third-order valence-corrected chi connectivity index (χ3v) is 4.11. The zero-order valence-corrected chi connectivity index (χ0v) is 13.9. The van der Waals surface area contributed by atoms with Crippen LogP contribution in [0.5, 0.6) is 0 Å². The fraction of sp³-hybridized carbons (Fsp3) is 0.684. The molecule has 1 heteroatoms. The van der Waals surface area contributed by atoms with E-state index in [1.54, 1.807) is 0 Å². The minimum Gasteiger partial charge on any atom is -0.315 e. The first-order valence-corrected chi connectivity index (χ1v) is 8.45. The highest BCUT2D eigenvalue weighted by molar-refractivity contribution is 5.25. The van der Waals surface area contributed by atoms with Crippen molar-refractivity contribution in [2.45, 2.75) is 78.2 Å². The van der Waals surface area contributed by atoms with Crippen LogP contribution in [0.1, 0.15) is 76.8 Å². The topological polar surface area (TPSA) is 12.0 Å². The fourth-order valence-electron chi connectivity index (χ4n) is 2.45. The number of aryl methyl sites for hydroxylation is 1. The molecule has 0 radical (unpaired) electrons. The molecule has 0 bridgehead atoms. The van der Waals surface area contributed by atoms with E-state index in [-0.39, 0.29) is 0 Å². The maximum Gasteiger partial charge on any atom is 0.00103 e. The van der Waals surface area contributed by atoms with Crippen LogP contribution in [-0.2, 0) is 6.42 Å². The summed E-state index contributed by atoms with van der Waals surface area (Å²) in [6, 6.07) is 9.90. The lowest BCUT2D eigenvalue weighted by atomic mass is 9.96. The molecule has 0 amide bonds. The highest BCUT2D eigenvalue weighted by Crippen LogP contribution is 2.19. The third-order valence-electron chi connectivity index (χ3n) is 4.11. The Kier molecular flexibility index (Phi) is 8.60. The Labute approximate surface area is 126 Å². The molecule has 0 saturated carbocycles. The van der Waals surface area contributed by atoms with Crippen LogP contribution >= 0.6 is 0 Å². The molecule has 0 aromatic heterocycles. The molecule has 0 fully saturated rings. The van der Waals surface area contributed by atoms with Crippen LogP contribution in [0.2, 0.25) is 0 Å². The van der Waals surface area contributed by atoms with Crippen LogP contribution < -0.4 is 5.32 Å². The van der Waals surface area contributed by atoms with Crippen LogP contribution in [0.3, 0.4) is 0 Å². The van der Waals surface area contributed by atoms with E-state index in [4.69, 9.17) is 0 Å². The predicted molar refractivity (Wildman–Crippen MR) is 90.5 cm³/mol. The number of nitrogens with one attached hydrogen (secondary N) is 1. The van der Waals surface area contributed by atoms with Crippen LogP contribution in [0.4, 0.5) is 0 Å². The molecule has 1 N–H and O–H groups in total. The second kappa shape index (κ2) is 9.99. The van der Waals surface area contributed by atoms with E-state index in [1.807, 2.05) is 0 Å². The van der Waals surface area contributed by atoms with Gasteiger partial charge in [0.25, 0.3) is 0 Å². The van der Waals surface area contributed by atoms with Gasteiger partial charge in [-0.3, -0.25) is 0 Å². The summed E-state index contributed by atoms with van der Waals surface area (Å²) in [5.74, 6) is 0.692. The zero-order valence-electron chi connectivity index (χ0n) is 13.9. The van der Waals surface area contributed by atoms with E-state index in [9.17, 15) is 0 Å². The molecule has 0 spiro atoms. The van der Waals surface area contributed by atoms with Crippen LogP contribution in [0.15, 0.2) is 24.3 Å². The summed E-state index contributed by atoms with van der Waals surface area (Å²) in [5.41, 5.74) is 2.98. The van der Waals surface area contributed by atoms with Gasteiger partial charge in [-0.05, 0) is 49.3 Å². The molecule has 114 valence electrons. The van der Waals surface area contributed by atoms with E-state index < -0.39 is 0 Å². The summed E-state index contributed by atoms with van der Waals surface area (Å²) >= 11 is 0. The molecule has 0 heterocycles. The molecular formula is C19H33N. The van der Waals surface area contributed by atoms with Crippen molar-refractivity contribution < 1.29 is 0 Å².